The van der Waals surface area contributed by atoms with Gasteiger partial charge in [0, 0.05) is 23.8 Å². The van der Waals surface area contributed by atoms with Crippen molar-refractivity contribution in [2.75, 3.05) is 6.54 Å². The Bertz CT molecular complexity index is 643. The molecule has 3 aromatic heterocycles. The third-order valence-corrected chi connectivity index (χ3v) is 4.05. The molecular weight excluding hydrogens is 300 g/mol. The molecule has 0 aliphatic rings. The SMILES string of the molecule is O=C(NCc1cccs1)NC[C@H](c1ccco1)n1cccn1. The highest BCUT2D eigenvalue weighted by atomic mass is 32.1. The van der Waals surface area contributed by atoms with Gasteiger partial charge < -0.3 is 15.1 Å². The summed E-state index contributed by atoms with van der Waals surface area (Å²) in [5.41, 5.74) is 0. The van der Waals surface area contributed by atoms with Crippen LogP contribution in [0.1, 0.15) is 16.7 Å². The minimum absolute atomic E-state index is 0.169. The molecule has 3 rings (SSSR count). The number of nitrogens with zero attached hydrogens (tertiary/aromatic N) is 2. The lowest BCUT2D eigenvalue weighted by molar-refractivity contribution is 0.238. The van der Waals surface area contributed by atoms with E-state index in [0.717, 1.165) is 10.6 Å². The molecular formula is C15H16N4O2S. The Morgan fingerprint density at radius 2 is 2.27 bits per heavy atom. The van der Waals surface area contributed by atoms with Gasteiger partial charge in [0.2, 0.25) is 0 Å². The number of carbonyl (C=O) groups excluding carboxylic acids is 1. The lowest BCUT2D eigenvalue weighted by Crippen LogP contribution is -2.38. The van der Waals surface area contributed by atoms with Crippen LogP contribution < -0.4 is 10.6 Å². The Morgan fingerprint density at radius 3 is 2.95 bits per heavy atom. The molecule has 0 radical (unpaired) electrons. The van der Waals surface area contributed by atoms with Gasteiger partial charge in [-0.15, -0.1) is 11.3 Å². The lowest BCUT2D eigenvalue weighted by atomic mass is 10.2. The van der Waals surface area contributed by atoms with Crippen molar-refractivity contribution in [3.63, 3.8) is 0 Å². The largest absolute Gasteiger partial charge is 0.467 e. The van der Waals surface area contributed by atoms with Crippen LogP contribution in [0.3, 0.4) is 0 Å². The fraction of sp³-hybridized carbons (Fsp3) is 0.200. The van der Waals surface area contributed by atoms with Crippen molar-refractivity contribution in [3.05, 3.63) is 65.0 Å². The number of furan rings is 1. The van der Waals surface area contributed by atoms with E-state index in [1.807, 2.05) is 41.9 Å². The predicted molar refractivity (Wildman–Crippen MR) is 83.6 cm³/mol. The molecule has 0 unspecified atom stereocenters. The number of nitrogens with one attached hydrogen (secondary N) is 2. The van der Waals surface area contributed by atoms with E-state index in [-0.39, 0.29) is 12.1 Å². The topological polar surface area (TPSA) is 72.1 Å². The van der Waals surface area contributed by atoms with Gasteiger partial charge in [0.05, 0.1) is 12.8 Å². The zero-order valence-electron chi connectivity index (χ0n) is 11.8. The summed E-state index contributed by atoms with van der Waals surface area (Å²) in [5, 5.41) is 11.9. The van der Waals surface area contributed by atoms with Gasteiger partial charge in [-0.2, -0.15) is 5.10 Å². The van der Waals surface area contributed by atoms with E-state index >= 15 is 0 Å². The first kappa shape index (κ1) is 14.4. The van der Waals surface area contributed by atoms with Crippen molar-refractivity contribution < 1.29 is 9.21 Å². The maximum atomic E-state index is 11.9. The summed E-state index contributed by atoms with van der Waals surface area (Å²) in [6, 6.07) is 9.10. The fourth-order valence-corrected chi connectivity index (χ4v) is 2.75. The molecule has 0 saturated carbocycles. The minimum atomic E-state index is -0.211. The Balaban J connectivity index is 1.56. The minimum Gasteiger partial charge on any atom is -0.467 e. The first-order chi connectivity index (χ1) is 10.8. The molecule has 114 valence electrons. The Labute approximate surface area is 131 Å². The maximum absolute atomic E-state index is 11.9. The predicted octanol–water partition coefficient (Wildman–Crippen LogP) is 2.63. The summed E-state index contributed by atoms with van der Waals surface area (Å²) >= 11 is 1.61. The van der Waals surface area contributed by atoms with Crippen LogP contribution in [-0.4, -0.2) is 22.4 Å². The average Bonchev–Trinajstić information content (AvgIpc) is 3.27. The molecule has 3 aromatic rings. The monoisotopic (exact) mass is 316 g/mol. The summed E-state index contributed by atoms with van der Waals surface area (Å²) in [6.45, 7) is 0.919. The second kappa shape index (κ2) is 6.95. The Hall–Kier alpha value is -2.54. The van der Waals surface area contributed by atoms with Crippen LogP contribution in [0.2, 0.25) is 0 Å². The quantitative estimate of drug-likeness (QED) is 0.734. The van der Waals surface area contributed by atoms with Gasteiger partial charge in [0.1, 0.15) is 11.8 Å². The van der Waals surface area contributed by atoms with Crippen molar-refractivity contribution in [1.29, 1.82) is 0 Å². The molecule has 6 nitrogen and oxygen atoms in total. The summed E-state index contributed by atoms with van der Waals surface area (Å²) in [7, 11) is 0. The number of urea groups is 1. The molecule has 0 fully saturated rings. The van der Waals surface area contributed by atoms with E-state index < -0.39 is 0 Å². The number of rotatable bonds is 6. The highest BCUT2D eigenvalue weighted by Gasteiger charge is 2.17. The van der Waals surface area contributed by atoms with E-state index in [2.05, 4.69) is 15.7 Å². The second-order valence-electron chi connectivity index (χ2n) is 4.66. The van der Waals surface area contributed by atoms with Crippen LogP contribution in [0, 0.1) is 0 Å². The summed E-state index contributed by atoms with van der Waals surface area (Å²) < 4.78 is 7.20. The summed E-state index contributed by atoms with van der Waals surface area (Å²) in [6.07, 6.45) is 5.16. The van der Waals surface area contributed by atoms with Crippen LogP contribution in [-0.2, 0) is 6.54 Å². The van der Waals surface area contributed by atoms with Crippen LogP contribution in [0.5, 0.6) is 0 Å². The highest BCUT2D eigenvalue weighted by molar-refractivity contribution is 7.09. The van der Waals surface area contributed by atoms with E-state index in [1.54, 1.807) is 28.5 Å². The van der Waals surface area contributed by atoms with Gasteiger partial charge in [-0.25, -0.2) is 4.79 Å². The Kier molecular flexibility index (Phi) is 4.55. The van der Waals surface area contributed by atoms with Crippen molar-refractivity contribution in [2.45, 2.75) is 12.6 Å². The molecule has 1 atom stereocenters. The molecule has 0 aliphatic heterocycles. The molecule has 3 heterocycles. The second-order valence-corrected chi connectivity index (χ2v) is 5.69. The maximum Gasteiger partial charge on any atom is 0.315 e. The van der Waals surface area contributed by atoms with Gasteiger partial charge >= 0.3 is 6.03 Å². The molecule has 2 amide bonds. The van der Waals surface area contributed by atoms with Gasteiger partial charge in [-0.3, -0.25) is 4.68 Å². The van der Waals surface area contributed by atoms with E-state index in [9.17, 15) is 4.79 Å². The van der Waals surface area contributed by atoms with Gasteiger partial charge in [0.25, 0.3) is 0 Å². The van der Waals surface area contributed by atoms with Crippen LogP contribution in [0.25, 0.3) is 0 Å². The molecule has 0 aliphatic carbocycles. The molecule has 2 N–H and O–H groups in total. The smallest absolute Gasteiger partial charge is 0.315 e. The average molecular weight is 316 g/mol. The van der Waals surface area contributed by atoms with Gasteiger partial charge in [-0.05, 0) is 29.6 Å². The number of thiophene rings is 1. The zero-order valence-corrected chi connectivity index (χ0v) is 12.6. The van der Waals surface area contributed by atoms with Crippen molar-refractivity contribution in [2.24, 2.45) is 0 Å². The molecule has 0 spiro atoms. The van der Waals surface area contributed by atoms with Crippen LogP contribution >= 0.6 is 11.3 Å². The molecule has 0 saturated heterocycles. The number of aromatic nitrogens is 2. The number of carbonyl (C=O) groups is 1. The van der Waals surface area contributed by atoms with Crippen molar-refractivity contribution in [1.82, 2.24) is 20.4 Å². The standard InChI is InChI=1S/C15H16N4O2S/c20-15(16-10-12-4-2-9-22-12)17-11-13(14-5-1-8-21-14)19-7-3-6-18-19/h1-9,13H,10-11H2,(H2,16,17,20)/t13-/m1/s1. The first-order valence-electron chi connectivity index (χ1n) is 6.89. The van der Waals surface area contributed by atoms with Crippen molar-refractivity contribution in [3.8, 4) is 0 Å². The zero-order chi connectivity index (χ0) is 15.2. The van der Waals surface area contributed by atoms with Crippen LogP contribution in [0.4, 0.5) is 4.79 Å². The fourth-order valence-electron chi connectivity index (χ4n) is 2.10. The first-order valence-corrected chi connectivity index (χ1v) is 7.77. The van der Waals surface area contributed by atoms with Crippen LogP contribution in [0.15, 0.2) is 58.8 Å². The van der Waals surface area contributed by atoms with E-state index in [0.29, 0.717) is 13.1 Å². The van der Waals surface area contributed by atoms with E-state index in [1.165, 1.54) is 0 Å². The number of hydrogen-bond donors (Lipinski definition) is 2. The molecule has 0 aromatic carbocycles. The number of hydrogen-bond acceptors (Lipinski definition) is 4. The summed E-state index contributed by atoms with van der Waals surface area (Å²) in [4.78, 5) is 13.0. The van der Waals surface area contributed by atoms with Gasteiger partial charge in [-0.1, -0.05) is 6.07 Å². The van der Waals surface area contributed by atoms with E-state index in [4.69, 9.17) is 4.42 Å². The van der Waals surface area contributed by atoms with Gasteiger partial charge in [0.15, 0.2) is 0 Å². The normalized spacial score (nSPS) is 12.0. The highest BCUT2D eigenvalue weighted by Crippen LogP contribution is 2.17. The van der Waals surface area contributed by atoms with Crippen molar-refractivity contribution >= 4 is 17.4 Å². The third kappa shape index (κ3) is 3.56. The number of amides is 2. The summed E-state index contributed by atoms with van der Waals surface area (Å²) in [5.74, 6) is 0.752. The lowest BCUT2D eigenvalue weighted by Gasteiger charge is -2.16. The molecule has 22 heavy (non-hydrogen) atoms. The molecule has 7 heteroatoms. The third-order valence-electron chi connectivity index (χ3n) is 3.18. The molecule has 0 bridgehead atoms. The Morgan fingerprint density at radius 1 is 1.32 bits per heavy atom.